The van der Waals surface area contributed by atoms with E-state index >= 15 is 0 Å². The predicted molar refractivity (Wildman–Crippen MR) is 76.8 cm³/mol. The number of amides is 1. The molecule has 1 rings (SSSR count). The van der Waals surface area contributed by atoms with E-state index in [0.29, 0.717) is 52.5 Å². The molecule has 0 bridgehead atoms. The zero-order valence-electron chi connectivity index (χ0n) is 12.1. The molecular weight excluding hydrogens is 282 g/mol. The lowest BCUT2D eigenvalue weighted by Crippen LogP contribution is -2.29. The summed E-state index contributed by atoms with van der Waals surface area (Å²) < 4.78 is 15.5. The van der Waals surface area contributed by atoms with Gasteiger partial charge in [-0.1, -0.05) is 11.8 Å². The summed E-state index contributed by atoms with van der Waals surface area (Å²) in [4.78, 5) is 24.5. The van der Waals surface area contributed by atoms with Gasteiger partial charge in [-0.2, -0.15) is 0 Å². The lowest BCUT2D eigenvalue weighted by Gasteiger charge is -2.16. The molecule has 1 atom stereocenters. The number of thioether (sulfide) groups is 1. The van der Waals surface area contributed by atoms with Crippen molar-refractivity contribution in [3.8, 4) is 0 Å². The maximum absolute atomic E-state index is 11.7. The molecular formula is C13H23NO5S. The van der Waals surface area contributed by atoms with Gasteiger partial charge in [0.2, 0.25) is 5.91 Å². The summed E-state index contributed by atoms with van der Waals surface area (Å²) in [6.07, 6.45) is 0.449. The van der Waals surface area contributed by atoms with Crippen molar-refractivity contribution in [3.05, 3.63) is 0 Å². The first kappa shape index (κ1) is 17.4. The van der Waals surface area contributed by atoms with Crippen LogP contribution >= 0.6 is 11.8 Å². The Morgan fingerprint density at radius 3 is 2.55 bits per heavy atom. The van der Waals surface area contributed by atoms with Crippen molar-refractivity contribution in [1.29, 1.82) is 0 Å². The molecule has 6 nitrogen and oxygen atoms in total. The second kappa shape index (κ2) is 10.1. The van der Waals surface area contributed by atoms with Crippen LogP contribution < -0.4 is 0 Å². The molecule has 0 aliphatic carbocycles. The monoisotopic (exact) mass is 305 g/mol. The molecule has 0 spiro atoms. The SMILES string of the molecule is COCCOCCOCCN1CC(SC(C)=O)CC1=O. The van der Waals surface area contributed by atoms with E-state index in [1.165, 1.54) is 18.7 Å². The molecule has 0 aromatic rings. The topological polar surface area (TPSA) is 65.1 Å². The number of hydrogen-bond donors (Lipinski definition) is 0. The Hall–Kier alpha value is -0.630. The van der Waals surface area contributed by atoms with Crippen LogP contribution in [-0.4, -0.2) is 74.4 Å². The summed E-state index contributed by atoms with van der Waals surface area (Å²) in [6.45, 7) is 5.42. The Kier molecular flexibility index (Phi) is 8.84. The van der Waals surface area contributed by atoms with E-state index in [9.17, 15) is 9.59 Å². The fourth-order valence-electron chi connectivity index (χ4n) is 1.90. The van der Waals surface area contributed by atoms with Gasteiger partial charge in [0.25, 0.3) is 0 Å². The van der Waals surface area contributed by atoms with Crippen LogP contribution in [0.15, 0.2) is 0 Å². The highest BCUT2D eigenvalue weighted by atomic mass is 32.2. The zero-order valence-corrected chi connectivity index (χ0v) is 12.9. The summed E-state index contributed by atoms with van der Waals surface area (Å²) in [5, 5.41) is 0.159. The maximum Gasteiger partial charge on any atom is 0.223 e. The number of carbonyl (C=O) groups excluding carboxylic acids is 2. The van der Waals surface area contributed by atoms with Gasteiger partial charge in [0.15, 0.2) is 5.12 Å². The van der Waals surface area contributed by atoms with E-state index in [1.54, 1.807) is 12.0 Å². The molecule has 1 saturated heterocycles. The second-order valence-corrected chi connectivity index (χ2v) is 5.97. The van der Waals surface area contributed by atoms with Crippen LogP contribution in [0.4, 0.5) is 0 Å². The first-order valence-corrected chi connectivity index (χ1v) is 7.61. The molecule has 0 radical (unpaired) electrons. The van der Waals surface area contributed by atoms with Gasteiger partial charge in [-0.15, -0.1) is 0 Å². The van der Waals surface area contributed by atoms with Crippen molar-refractivity contribution in [1.82, 2.24) is 4.90 Å². The number of hydrogen-bond acceptors (Lipinski definition) is 6. The minimum Gasteiger partial charge on any atom is -0.382 e. The van der Waals surface area contributed by atoms with E-state index in [2.05, 4.69) is 0 Å². The lowest BCUT2D eigenvalue weighted by molar-refractivity contribution is -0.128. The summed E-state index contributed by atoms with van der Waals surface area (Å²) in [6, 6.07) is 0. The average molecular weight is 305 g/mol. The van der Waals surface area contributed by atoms with Gasteiger partial charge in [0, 0.05) is 38.8 Å². The van der Waals surface area contributed by atoms with E-state index in [1.807, 2.05) is 0 Å². The zero-order chi connectivity index (χ0) is 14.8. The molecule has 7 heteroatoms. The van der Waals surface area contributed by atoms with Gasteiger partial charge in [0.05, 0.1) is 33.0 Å². The van der Waals surface area contributed by atoms with Gasteiger partial charge in [-0.05, 0) is 0 Å². The number of carbonyl (C=O) groups is 2. The van der Waals surface area contributed by atoms with E-state index < -0.39 is 0 Å². The van der Waals surface area contributed by atoms with Crippen LogP contribution in [0, 0.1) is 0 Å². The third-order valence-corrected chi connectivity index (χ3v) is 3.80. The second-order valence-electron chi connectivity index (χ2n) is 4.49. The van der Waals surface area contributed by atoms with Gasteiger partial charge >= 0.3 is 0 Å². The van der Waals surface area contributed by atoms with Crippen molar-refractivity contribution in [2.24, 2.45) is 0 Å². The highest BCUT2D eigenvalue weighted by Gasteiger charge is 2.30. The first-order valence-electron chi connectivity index (χ1n) is 6.73. The first-order chi connectivity index (χ1) is 9.63. The maximum atomic E-state index is 11.7. The van der Waals surface area contributed by atoms with Crippen LogP contribution in [0.1, 0.15) is 13.3 Å². The fraction of sp³-hybridized carbons (Fsp3) is 0.846. The van der Waals surface area contributed by atoms with Crippen LogP contribution in [0.2, 0.25) is 0 Å². The molecule has 1 heterocycles. The normalized spacial score (nSPS) is 18.8. The largest absolute Gasteiger partial charge is 0.382 e. The summed E-state index contributed by atoms with van der Waals surface area (Å²) in [5.74, 6) is 0.101. The third-order valence-electron chi connectivity index (χ3n) is 2.82. The van der Waals surface area contributed by atoms with Crippen LogP contribution in [0.25, 0.3) is 0 Å². The highest BCUT2D eigenvalue weighted by Crippen LogP contribution is 2.23. The number of nitrogens with zero attached hydrogens (tertiary/aromatic N) is 1. The van der Waals surface area contributed by atoms with Gasteiger partial charge in [0.1, 0.15) is 0 Å². The lowest BCUT2D eigenvalue weighted by atomic mass is 10.4. The van der Waals surface area contributed by atoms with Crippen molar-refractivity contribution < 1.29 is 23.8 Å². The molecule has 1 amide bonds. The van der Waals surface area contributed by atoms with Crippen molar-refractivity contribution >= 4 is 22.8 Å². The quantitative estimate of drug-likeness (QED) is 0.549. The number of likely N-dealkylation sites (tertiary alicyclic amines) is 1. The van der Waals surface area contributed by atoms with Crippen molar-refractivity contribution in [2.45, 2.75) is 18.6 Å². The Morgan fingerprint density at radius 1 is 1.25 bits per heavy atom. The van der Waals surface area contributed by atoms with E-state index in [-0.39, 0.29) is 16.3 Å². The summed E-state index contributed by atoms with van der Waals surface area (Å²) >= 11 is 1.25. The molecule has 116 valence electrons. The summed E-state index contributed by atoms with van der Waals surface area (Å²) in [7, 11) is 1.63. The van der Waals surface area contributed by atoms with Crippen LogP contribution in [-0.2, 0) is 23.8 Å². The van der Waals surface area contributed by atoms with Gasteiger partial charge in [-0.25, -0.2) is 0 Å². The van der Waals surface area contributed by atoms with Crippen LogP contribution in [0.3, 0.4) is 0 Å². The highest BCUT2D eigenvalue weighted by molar-refractivity contribution is 8.14. The Morgan fingerprint density at radius 2 is 1.90 bits per heavy atom. The molecule has 20 heavy (non-hydrogen) atoms. The molecule has 1 aliphatic rings. The molecule has 1 aliphatic heterocycles. The molecule has 0 saturated carbocycles. The molecule has 0 aromatic carbocycles. The van der Waals surface area contributed by atoms with E-state index in [4.69, 9.17) is 14.2 Å². The molecule has 1 unspecified atom stereocenters. The van der Waals surface area contributed by atoms with Gasteiger partial charge in [-0.3, -0.25) is 9.59 Å². The standard InChI is InChI=1S/C13H23NO5S/c1-11(15)20-12-9-13(16)14(10-12)3-4-18-7-8-19-6-5-17-2/h12H,3-10H2,1-2H3. The predicted octanol–water partition coefficient (Wildman–Crippen LogP) is 0.547. The van der Waals surface area contributed by atoms with Crippen molar-refractivity contribution in [2.75, 3.05) is 53.2 Å². The Balaban J connectivity index is 2.02. The molecule has 0 aromatic heterocycles. The number of ether oxygens (including phenoxy) is 3. The summed E-state index contributed by atoms with van der Waals surface area (Å²) in [5.41, 5.74) is 0. The minimum absolute atomic E-state index is 0.0640. The minimum atomic E-state index is 0.0640. The molecule has 1 fully saturated rings. The van der Waals surface area contributed by atoms with Crippen molar-refractivity contribution in [3.63, 3.8) is 0 Å². The van der Waals surface area contributed by atoms with Gasteiger partial charge < -0.3 is 19.1 Å². The Bertz CT molecular complexity index is 313. The average Bonchev–Trinajstić information content (AvgIpc) is 2.72. The van der Waals surface area contributed by atoms with E-state index in [0.717, 1.165) is 0 Å². The van der Waals surface area contributed by atoms with Crippen LogP contribution in [0.5, 0.6) is 0 Å². The number of rotatable bonds is 10. The smallest absolute Gasteiger partial charge is 0.223 e. The Labute approximate surface area is 124 Å². The fourth-order valence-corrected chi connectivity index (χ4v) is 2.85. The molecule has 0 N–H and O–H groups in total. The third kappa shape index (κ3) is 7.23. The number of methoxy groups -OCH3 is 1.